The van der Waals surface area contributed by atoms with Gasteiger partial charge in [-0.25, -0.2) is 0 Å². The molecule has 0 saturated heterocycles. The summed E-state index contributed by atoms with van der Waals surface area (Å²) in [6, 6.07) is 17.4. The number of ketones is 1. The third-order valence-corrected chi connectivity index (χ3v) is 2.89. The first kappa shape index (κ1) is 16.8. The Morgan fingerprint density at radius 2 is 1.29 bits per heavy atom. The summed E-state index contributed by atoms with van der Waals surface area (Å²) >= 11 is 0. The molecule has 0 unspecified atom stereocenters. The van der Waals surface area contributed by atoms with Crippen LogP contribution in [0.1, 0.15) is 50.0 Å². The monoisotopic (exact) mass is 281 g/mol. The lowest BCUT2D eigenvalue weighted by atomic mass is 10.1. The Morgan fingerprint density at radius 1 is 0.762 bits per heavy atom. The molecule has 2 aromatic carbocycles. The van der Waals surface area contributed by atoms with Crippen molar-refractivity contribution in [2.45, 2.75) is 34.1 Å². The molecule has 0 fully saturated rings. The number of hydrogen-bond donors (Lipinski definition) is 0. The number of hydrogen-bond acceptors (Lipinski definition) is 2. The second kappa shape index (κ2) is 8.85. The zero-order valence-electron chi connectivity index (χ0n) is 13.3. The molecule has 0 spiro atoms. The number of Topliss-reactive ketones (excluding diaryl/α,β-unsaturated/α-hetero) is 1. The van der Waals surface area contributed by atoms with Gasteiger partial charge in [-0.1, -0.05) is 70.2 Å². The van der Waals surface area contributed by atoms with Gasteiger partial charge >= 0.3 is 0 Å². The molecule has 0 amide bonds. The minimum Gasteiger partial charge on any atom is -0.294 e. The van der Waals surface area contributed by atoms with Crippen molar-refractivity contribution in [3.05, 3.63) is 65.7 Å². The Balaban J connectivity index is 0.000000510. The van der Waals surface area contributed by atoms with Crippen LogP contribution in [-0.4, -0.2) is 11.5 Å². The van der Waals surface area contributed by atoms with Gasteiger partial charge in [0.25, 0.3) is 0 Å². The molecule has 0 saturated carbocycles. The highest BCUT2D eigenvalue weighted by Crippen LogP contribution is 2.24. The van der Waals surface area contributed by atoms with E-state index in [1.165, 1.54) is 0 Å². The second-order valence-electron chi connectivity index (χ2n) is 4.04. The Labute approximate surface area is 127 Å². The van der Waals surface area contributed by atoms with Gasteiger partial charge < -0.3 is 0 Å². The van der Waals surface area contributed by atoms with Crippen LogP contribution in [0.3, 0.4) is 0 Å². The molecular weight excluding hydrogens is 258 g/mol. The highest BCUT2D eigenvalue weighted by atomic mass is 16.1. The molecule has 2 heteroatoms. The van der Waals surface area contributed by atoms with E-state index in [9.17, 15) is 4.79 Å². The van der Waals surface area contributed by atoms with E-state index in [4.69, 9.17) is 0 Å². The standard InChI is InChI=1S/C15H11NO.2C2H6/c17-15-10-14(12-8-4-5-9-13(12)15)16-11-6-2-1-3-7-11;2*1-2/h1-9H,10H2;2*1-2H3. The molecule has 0 aliphatic heterocycles. The Kier molecular flexibility index (Phi) is 7.10. The van der Waals surface area contributed by atoms with Crippen molar-refractivity contribution in [2.24, 2.45) is 4.99 Å². The number of benzene rings is 2. The molecule has 110 valence electrons. The van der Waals surface area contributed by atoms with E-state index in [1.807, 2.05) is 82.3 Å². The number of carbonyl (C=O) groups is 1. The molecule has 21 heavy (non-hydrogen) atoms. The van der Waals surface area contributed by atoms with Crippen molar-refractivity contribution in [3.63, 3.8) is 0 Å². The number of aliphatic imine (C=N–C) groups is 1. The summed E-state index contributed by atoms with van der Waals surface area (Å²) in [6.07, 6.45) is 0.411. The number of nitrogens with zero attached hydrogens (tertiary/aromatic N) is 1. The van der Waals surface area contributed by atoms with Crippen molar-refractivity contribution < 1.29 is 4.79 Å². The maximum absolute atomic E-state index is 11.8. The molecule has 0 N–H and O–H groups in total. The lowest BCUT2D eigenvalue weighted by Gasteiger charge is -1.98. The molecule has 2 aromatic rings. The van der Waals surface area contributed by atoms with Crippen molar-refractivity contribution in [2.75, 3.05) is 0 Å². The van der Waals surface area contributed by atoms with Gasteiger partial charge in [-0.2, -0.15) is 0 Å². The fourth-order valence-electron chi connectivity index (χ4n) is 2.08. The number of para-hydroxylation sites is 1. The topological polar surface area (TPSA) is 29.4 Å². The number of rotatable bonds is 1. The van der Waals surface area contributed by atoms with Gasteiger partial charge in [0.1, 0.15) is 0 Å². The maximum atomic E-state index is 11.8. The van der Waals surface area contributed by atoms with Gasteiger partial charge in [0.05, 0.1) is 17.8 Å². The van der Waals surface area contributed by atoms with Crippen LogP contribution in [0.5, 0.6) is 0 Å². The molecule has 0 atom stereocenters. The van der Waals surface area contributed by atoms with Gasteiger partial charge in [0, 0.05) is 11.1 Å². The average molecular weight is 281 g/mol. The van der Waals surface area contributed by atoms with E-state index < -0.39 is 0 Å². The highest BCUT2D eigenvalue weighted by molar-refractivity contribution is 6.26. The minimum absolute atomic E-state index is 0.162. The van der Waals surface area contributed by atoms with Crippen LogP contribution in [0, 0.1) is 0 Å². The van der Waals surface area contributed by atoms with Crippen LogP contribution < -0.4 is 0 Å². The molecule has 0 bridgehead atoms. The molecular formula is C19H23NO. The zero-order valence-corrected chi connectivity index (χ0v) is 13.3. The van der Waals surface area contributed by atoms with Crippen LogP contribution in [0.2, 0.25) is 0 Å². The third kappa shape index (κ3) is 4.12. The van der Waals surface area contributed by atoms with Gasteiger partial charge in [-0.15, -0.1) is 0 Å². The van der Waals surface area contributed by atoms with Gasteiger partial charge in [-0.3, -0.25) is 9.79 Å². The first-order valence-electron chi connectivity index (χ1n) is 7.60. The fourth-order valence-corrected chi connectivity index (χ4v) is 2.08. The van der Waals surface area contributed by atoms with E-state index in [-0.39, 0.29) is 5.78 Å². The summed E-state index contributed by atoms with van der Waals surface area (Å²) in [7, 11) is 0. The SMILES string of the molecule is CC.CC.O=C1CC(=Nc2ccccc2)c2ccccc21. The summed E-state index contributed by atoms with van der Waals surface area (Å²) < 4.78 is 0. The molecule has 0 heterocycles. The summed E-state index contributed by atoms with van der Waals surface area (Å²) in [5.41, 5.74) is 3.53. The van der Waals surface area contributed by atoms with E-state index in [0.29, 0.717) is 6.42 Å². The predicted molar refractivity (Wildman–Crippen MR) is 90.7 cm³/mol. The Morgan fingerprint density at radius 3 is 1.90 bits per heavy atom. The molecule has 3 rings (SSSR count). The van der Waals surface area contributed by atoms with E-state index in [2.05, 4.69) is 4.99 Å². The van der Waals surface area contributed by atoms with Crippen molar-refractivity contribution in [1.82, 2.24) is 0 Å². The predicted octanol–water partition coefficient (Wildman–Crippen LogP) is 5.45. The molecule has 0 aromatic heterocycles. The number of carbonyl (C=O) groups excluding carboxylic acids is 1. The second-order valence-corrected chi connectivity index (χ2v) is 4.04. The van der Waals surface area contributed by atoms with Crippen LogP contribution in [0.25, 0.3) is 0 Å². The molecule has 2 nitrogen and oxygen atoms in total. The number of fused-ring (bicyclic) bond motifs is 1. The summed E-state index contributed by atoms with van der Waals surface area (Å²) in [5, 5.41) is 0. The third-order valence-electron chi connectivity index (χ3n) is 2.89. The zero-order chi connectivity index (χ0) is 15.7. The quantitative estimate of drug-likeness (QED) is 0.683. The first-order valence-corrected chi connectivity index (χ1v) is 7.60. The molecule has 1 aliphatic carbocycles. The average Bonchev–Trinajstić information content (AvgIpc) is 2.89. The maximum Gasteiger partial charge on any atom is 0.169 e. The largest absolute Gasteiger partial charge is 0.294 e. The molecule has 1 aliphatic rings. The van der Waals surface area contributed by atoms with E-state index >= 15 is 0 Å². The van der Waals surface area contributed by atoms with Gasteiger partial charge in [0.15, 0.2) is 5.78 Å². The van der Waals surface area contributed by atoms with Crippen molar-refractivity contribution in [3.8, 4) is 0 Å². The van der Waals surface area contributed by atoms with Gasteiger partial charge in [0.2, 0.25) is 0 Å². The smallest absolute Gasteiger partial charge is 0.169 e. The fraction of sp³-hybridized carbons (Fsp3) is 0.263. The Bertz CT molecular complexity index is 600. The first-order chi connectivity index (χ1) is 10.3. The van der Waals surface area contributed by atoms with Crippen molar-refractivity contribution >= 4 is 17.2 Å². The lowest BCUT2D eigenvalue weighted by molar-refractivity contribution is 0.101. The van der Waals surface area contributed by atoms with Crippen LogP contribution in [0.15, 0.2) is 59.6 Å². The minimum atomic E-state index is 0.162. The summed E-state index contributed by atoms with van der Waals surface area (Å²) in [6.45, 7) is 8.00. The van der Waals surface area contributed by atoms with Crippen LogP contribution in [0.4, 0.5) is 5.69 Å². The molecule has 0 radical (unpaired) electrons. The van der Waals surface area contributed by atoms with Gasteiger partial charge in [-0.05, 0) is 12.1 Å². The Hall–Kier alpha value is -2.22. The van der Waals surface area contributed by atoms with Crippen LogP contribution >= 0.6 is 0 Å². The normalized spacial score (nSPS) is 13.7. The van der Waals surface area contributed by atoms with Crippen molar-refractivity contribution in [1.29, 1.82) is 0 Å². The highest BCUT2D eigenvalue weighted by Gasteiger charge is 2.24. The lowest BCUT2D eigenvalue weighted by Crippen LogP contribution is -1.94. The van der Waals surface area contributed by atoms with E-state index in [1.54, 1.807) is 0 Å². The summed E-state index contributed by atoms with van der Waals surface area (Å²) in [4.78, 5) is 16.3. The summed E-state index contributed by atoms with van der Waals surface area (Å²) in [5.74, 6) is 0.162. The van der Waals surface area contributed by atoms with Crippen LogP contribution in [-0.2, 0) is 0 Å². The van der Waals surface area contributed by atoms with E-state index in [0.717, 1.165) is 22.5 Å².